The van der Waals surface area contributed by atoms with Crippen molar-refractivity contribution in [1.29, 1.82) is 0 Å². The van der Waals surface area contributed by atoms with E-state index in [1.807, 2.05) is 6.07 Å². The first-order valence-corrected chi connectivity index (χ1v) is 7.71. The zero-order valence-electron chi connectivity index (χ0n) is 10.6. The topological polar surface area (TPSA) is 28.2 Å². The normalized spacial score (nSPS) is 23.6. The van der Waals surface area contributed by atoms with Crippen LogP contribution in [-0.4, -0.2) is 36.1 Å². The lowest BCUT2D eigenvalue weighted by atomic mass is 9.77. The first-order valence-electron chi connectivity index (χ1n) is 6.92. The van der Waals surface area contributed by atoms with Crippen molar-refractivity contribution in [2.45, 2.75) is 25.3 Å². The molecule has 1 aromatic rings. The molecule has 0 bridgehead atoms. The lowest BCUT2D eigenvalue weighted by Gasteiger charge is -2.42. The van der Waals surface area contributed by atoms with Gasteiger partial charge < -0.3 is 5.32 Å². The molecule has 1 aromatic heterocycles. The predicted molar refractivity (Wildman–Crippen MR) is 76.5 cm³/mol. The number of halogens is 1. The summed E-state index contributed by atoms with van der Waals surface area (Å²) in [5, 5.41) is 3.44. The molecule has 2 aliphatic rings. The summed E-state index contributed by atoms with van der Waals surface area (Å²) in [5.74, 6) is 0.810. The second kappa shape index (κ2) is 5.68. The molecule has 1 aliphatic carbocycles. The molecule has 1 atom stereocenters. The Morgan fingerprint density at radius 3 is 2.67 bits per heavy atom. The molecule has 0 radical (unpaired) electrons. The van der Waals surface area contributed by atoms with Crippen LogP contribution in [0.1, 0.15) is 31.0 Å². The third kappa shape index (κ3) is 2.60. The summed E-state index contributed by atoms with van der Waals surface area (Å²) in [6.45, 7) is 4.51. The highest BCUT2D eigenvalue weighted by Crippen LogP contribution is 2.41. The predicted octanol–water partition coefficient (Wildman–Crippen LogP) is 2.59. The third-order valence-corrected chi connectivity index (χ3v) is 4.62. The molecule has 3 nitrogen and oxygen atoms in total. The van der Waals surface area contributed by atoms with Crippen molar-refractivity contribution in [3.63, 3.8) is 0 Å². The number of nitrogens with one attached hydrogen (secondary N) is 1. The zero-order valence-corrected chi connectivity index (χ0v) is 12.2. The summed E-state index contributed by atoms with van der Waals surface area (Å²) in [6.07, 6.45) is 4.12. The molecular weight excluding hydrogens is 290 g/mol. The smallest absolute Gasteiger partial charge is 0.106 e. The summed E-state index contributed by atoms with van der Waals surface area (Å²) in [7, 11) is 0. The minimum Gasteiger partial charge on any atom is -0.314 e. The van der Waals surface area contributed by atoms with Gasteiger partial charge in [0.05, 0.1) is 11.7 Å². The van der Waals surface area contributed by atoms with Crippen molar-refractivity contribution in [3.8, 4) is 0 Å². The van der Waals surface area contributed by atoms with Crippen molar-refractivity contribution in [1.82, 2.24) is 15.2 Å². The number of nitrogens with zero attached hydrogens (tertiary/aromatic N) is 2. The molecule has 0 spiro atoms. The van der Waals surface area contributed by atoms with Crippen LogP contribution in [0.4, 0.5) is 0 Å². The van der Waals surface area contributed by atoms with Crippen molar-refractivity contribution in [3.05, 3.63) is 28.5 Å². The second-order valence-corrected chi connectivity index (χ2v) is 6.12. The summed E-state index contributed by atoms with van der Waals surface area (Å²) in [4.78, 5) is 7.33. The Bertz CT molecular complexity index is 400. The van der Waals surface area contributed by atoms with Crippen LogP contribution in [0.5, 0.6) is 0 Å². The van der Waals surface area contributed by atoms with Gasteiger partial charge in [-0.3, -0.25) is 4.90 Å². The molecular formula is C14H20BrN3. The number of hydrogen-bond acceptors (Lipinski definition) is 3. The highest BCUT2D eigenvalue weighted by atomic mass is 79.9. The zero-order chi connectivity index (χ0) is 12.4. The van der Waals surface area contributed by atoms with E-state index in [0.29, 0.717) is 6.04 Å². The van der Waals surface area contributed by atoms with Crippen LogP contribution in [0.15, 0.2) is 22.8 Å². The van der Waals surface area contributed by atoms with Crippen molar-refractivity contribution in [2.75, 3.05) is 26.2 Å². The van der Waals surface area contributed by atoms with E-state index in [1.54, 1.807) is 0 Å². The lowest BCUT2D eigenvalue weighted by Crippen LogP contribution is -2.48. The van der Waals surface area contributed by atoms with Gasteiger partial charge in [0, 0.05) is 26.2 Å². The van der Waals surface area contributed by atoms with Gasteiger partial charge in [0.25, 0.3) is 0 Å². The highest BCUT2D eigenvalue weighted by molar-refractivity contribution is 9.10. The van der Waals surface area contributed by atoms with Gasteiger partial charge >= 0.3 is 0 Å². The summed E-state index contributed by atoms with van der Waals surface area (Å²) >= 11 is 3.50. The fourth-order valence-electron chi connectivity index (χ4n) is 3.03. The highest BCUT2D eigenvalue weighted by Gasteiger charge is 2.34. The molecule has 1 saturated carbocycles. The molecule has 0 unspecified atom stereocenters. The van der Waals surface area contributed by atoms with Gasteiger partial charge in [-0.25, -0.2) is 4.98 Å². The number of hydrogen-bond donors (Lipinski definition) is 1. The van der Waals surface area contributed by atoms with E-state index in [1.165, 1.54) is 25.0 Å². The Morgan fingerprint density at radius 1 is 1.28 bits per heavy atom. The number of pyridine rings is 1. The van der Waals surface area contributed by atoms with E-state index in [2.05, 4.69) is 38.3 Å². The Kier molecular flexibility index (Phi) is 3.97. The second-order valence-electron chi connectivity index (χ2n) is 5.31. The van der Waals surface area contributed by atoms with Crippen LogP contribution >= 0.6 is 15.9 Å². The van der Waals surface area contributed by atoms with Gasteiger partial charge in [-0.1, -0.05) is 12.5 Å². The molecule has 98 valence electrons. The third-order valence-electron chi connectivity index (χ3n) is 4.18. The quantitative estimate of drug-likeness (QED) is 0.870. The fourth-order valence-corrected chi connectivity index (χ4v) is 3.39. The minimum atomic E-state index is 0.526. The fraction of sp³-hybridized carbons (Fsp3) is 0.643. The monoisotopic (exact) mass is 309 g/mol. The molecule has 4 heteroatoms. The van der Waals surface area contributed by atoms with Crippen LogP contribution in [0.2, 0.25) is 0 Å². The Balaban J connectivity index is 1.84. The van der Waals surface area contributed by atoms with E-state index in [4.69, 9.17) is 4.98 Å². The first-order chi connectivity index (χ1) is 8.84. The van der Waals surface area contributed by atoms with Crippen LogP contribution in [0.3, 0.4) is 0 Å². The van der Waals surface area contributed by atoms with E-state index >= 15 is 0 Å². The maximum absolute atomic E-state index is 4.71. The summed E-state index contributed by atoms with van der Waals surface area (Å²) < 4.78 is 0.958. The largest absolute Gasteiger partial charge is 0.314 e. The first kappa shape index (κ1) is 12.6. The van der Waals surface area contributed by atoms with Gasteiger partial charge in [0.1, 0.15) is 4.60 Å². The molecule has 0 amide bonds. The van der Waals surface area contributed by atoms with Gasteiger partial charge in [-0.05, 0) is 46.8 Å². The number of piperazine rings is 1. The van der Waals surface area contributed by atoms with Crippen LogP contribution < -0.4 is 5.32 Å². The van der Waals surface area contributed by atoms with E-state index in [0.717, 1.165) is 36.7 Å². The molecule has 2 heterocycles. The van der Waals surface area contributed by atoms with Crippen molar-refractivity contribution < 1.29 is 0 Å². The lowest BCUT2D eigenvalue weighted by molar-refractivity contribution is 0.0808. The maximum Gasteiger partial charge on any atom is 0.106 e. The van der Waals surface area contributed by atoms with Crippen LogP contribution in [0.25, 0.3) is 0 Å². The van der Waals surface area contributed by atoms with Crippen LogP contribution in [-0.2, 0) is 0 Å². The Morgan fingerprint density at radius 2 is 2.06 bits per heavy atom. The van der Waals surface area contributed by atoms with Crippen molar-refractivity contribution >= 4 is 15.9 Å². The summed E-state index contributed by atoms with van der Waals surface area (Å²) in [5.41, 5.74) is 1.25. The SMILES string of the molecule is Brc1cccc([C@H](C2CCC2)N2CCNCC2)n1. The number of aromatic nitrogens is 1. The van der Waals surface area contributed by atoms with Gasteiger partial charge in [-0.2, -0.15) is 0 Å². The van der Waals surface area contributed by atoms with Crippen LogP contribution in [0, 0.1) is 5.92 Å². The molecule has 1 aliphatic heterocycles. The Labute approximate surface area is 117 Å². The van der Waals surface area contributed by atoms with Gasteiger partial charge in [-0.15, -0.1) is 0 Å². The van der Waals surface area contributed by atoms with Crippen molar-refractivity contribution in [2.24, 2.45) is 5.92 Å². The average molecular weight is 310 g/mol. The average Bonchev–Trinajstić information content (AvgIpc) is 2.34. The molecule has 3 rings (SSSR count). The van der Waals surface area contributed by atoms with E-state index in [9.17, 15) is 0 Å². The molecule has 1 N–H and O–H groups in total. The number of rotatable bonds is 3. The molecule has 18 heavy (non-hydrogen) atoms. The summed E-state index contributed by atoms with van der Waals surface area (Å²) in [6, 6.07) is 6.84. The van der Waals surface area contributed by atoms with Gasteiger partial charge in [0.2, 0.25) is 0 Å². The standard InChI is InChI=1S/C14H20BrN3/c15-13-6-2-5-12(17-13)14(11-3-1-4-11)18-9-7-16-8-10-18/h2,5-6,11,14,16H,1,3-4,7-10H2/t14-/m0/s1. The minimum absolute atomic E-state index is 0.526. The Hall–Kier alpha value is -0.450. The molecule has 0 aromatic carbocycles. The van der Waals surface area contributed by atoms with E-state index < -0.39 is 0 Å². The maximum atomic E-state index is 4.71. The molecule has 2 fully saturated rings. The van der Waals surface area contributed by atoms with E-state index in [-0.39, 0.29) is 0 Å². The molecule has 1 saturated heterocycles. The van der Waals surface area contributed by atoms with Gasteiger partial charge in [0.15, 0.2) is 0 Å².